The van der Waals surface area contributed by atoms with Gasteiger partial charge in [-0.3, -0.25) is 0 Å². The summed E-state index contributed by atoms with van der Waals surface area (Å²) in [6.45, 7) is 2.26. The SMILES string of the molecule is CN1CCC(Nc2ccnc(N)c2)C1. The van der Waals surface area contributed by atoms with Gasteiger partial charge >= 0.3 is 0 Å². The number of nitrogens with one attached hydrogen (secondary N) is 1. The predicted molar refractivity (Wildman–Crippen MR) is 58.2 cm³/mol. The van der Waals surface area contributed by atoms with E-state index in [0.717, 1.165) is 18.8 Å². The van der Waals surface area contributed by atoms with Crippen LogP contribution in [0.4, 0.5) is 11.5 Å². The number of likely N-dealkylation sites (tertiary alicyclic amines) is 1. The number of nitrogen functional groups attached to an aromatic ring is 1. The zero-order chi connectivity index (χ0) is 9.97. The van der Waals surface area contributed by atoms with Crippen molar-refractivity contribution in [3.8, 4) is 0 Å². The Morgan fingerprint density at radius 3 is 3.14 bits per heavy atom. The minimum Gasteiger partial charge on any atom is -0.384 e. The molecule has 4 heteroatoms. The van der Waals surface area contributed by atoms with Gasteiger partial charge < -0.3 is 16.0 Å². The van der Waals surface area contributed by atoms with Crippen LogP contribution in [-0.2, 0) is 0 Å². The normalized spacial score (nSPS) is 22.5. The molecular weight excluding hydrogens is 176 g/mol. The summed E-state index contributed by atoms with van der Waals surface area (Å²) >= 11 is 0. The fraction of sp³-hybridized carbons (Fsp3) is 0.500. The van der Waals surface area contributed by atoms with E-state index in [1.807, 2.05) is 12.1 Å². The summed E-state index contributed by atoms with van der Waals surface area (Å²) in [5.41, 5.74) is 6.67. The van der Waals surface area contributed by atoms with Crippen molar-refractivity contribution in [2.24, 2.45) is 0 Å². The molecule has 1 aromatic heterocycles. The van der Waals surface area contributed by atoms with E-state index >= 15 is 0 Å². The fourth-order valence-electron chi connectivity index (χ4n) is 1.83. The number of rotatable bonds is 2. The van der Waals surface area contributed by atoms with Crippen molar-refractivity contribution in [2.45, 2.75) is 12.5 Å². The van der Waals surface area contributed by atoms with Crippen LogP contribution >= 0.6 is 0 Å². The zero-order valence-corrected chi connectivity index (χ0v) is 8.40. The van der Waals surface area contributed by atoms with Gasteiger partial charge in [-0.05, 0) is 26.1 Å². The minimum atomic E-state index is 0.543. The van der Waals surface area contributed by atoms with Crippen LogP contribution in [0.1, 0.15) is 6.42 Å². The third kappa shape index (κ3) is 2.14. The monoisotopic (exact) mass is 192 g/mol. The van der Waals surface area contributed by atoms with Crippen LogP contribution in [0, 0.1) is 0 Å². The molecule has 3 N–H and O–H groups in total. The topological polar surface area (TPSA) is 54.2 Å². The zero-order valence-electron chi connectivity index (χ0n) is 8.40. The van der Waals surface area contributed by atoms with Crippen LogP contribution in [0.15, 0.2) is 18.3 Å². The highest BCUT2D eigenvalue weighted by molar-refractivity contribution is 5.50. The van der Waals surface area contributed by atoms with E-state index in [0.29, 0.717) is 11.9 Å². The van der Waals surface area contributed by atoms with Crippen molar-refractivity contribution >= 4 is 11.5 Å². The van der Waals surface area contributed by atoms with Gasteiger partial charge in [0.2, 0.25) is 0 Å². The van der Waals surface area contributed by atoms with Crippen LogP contribution in [0.5, 0.6) is 0 Å². The average molecular weight is 192 g/mol. The highest BCUT2D eigenvalue weighted by Gasteiger charge is 2.18. The number of anilines is 2. The van der Waals surface area contributed by atoms with Crippen LogP contribution in [0.3, 0.4) is 0 Å². The first-order valence-corrected chi connectivity index (χ1v) is 4.90. The molecule has 0 aliphatic carbocycles. The second-order valence-corrected chi connectivity index (χ2v) is 3.86. The summed E-state index contributed by atoms with van der Waals surface area (Å²) in [7, 11) is 2.14. The Kier molecular flexibility index (Phi) is 2.54. The van der Waals surface area contributed by atoms with Crippen molar-refractivity contribution in [2.75, 3.05) is 31.2 Å². The first kappa shape index (κ1) is 9.27. The van der Waals surface area contributed by atoms with Gasteiger partial charge in [0, 0.05) is 30.5 Å². The molecule has 0 spiro atoms. The lowest BCUT2D eigenvalue weighted by atomic mass is 10.2. The molecule has 1 aliphatic rings. The molecule has 0 radical (unpaired) electrons. The molecule has 1 aromatic rings. The second kappa shape index (κ2) is 3.84. The van der Waals surface area contributed by atoms with Gasteiger partial charge in [-0.25, -0.2) is 4.98 Å². The number of hydrogen-bond donors (Lipinski definition) is 2. The number of pyridine rings is 1. The summed E-state index contributed by atoms with van der Waals surface area (Å²) in [5, 5.41) is 3.45. The highest BCUT2D eigenvalue weighted by atomic mass is 15.2. The quantitative estimate of drug-likeness (QED) is 0.727. The fourth-order valence-corrected chi connectivity index (χ4v) is 1.83. The molecule has 1 unspecified atom stereocenters. The van der Waals surface area contributed by atoms with Gasteiger partial charge in [-0.2, -0.15) is 0 Å². The van der Waals surface area contributed by atoms with E-state index in [-0.39, 0.29) is 0 Å². The summed E-state index contributed by atoms with van der Waals surface area (Å²) < 4.78 is 0. The Labute approximate surface area is 84.1 Å². The predicted octanol–water partition coefficient (Wildman–Crippen LogP) is 0.780. The Bertz CT molecular complexity index is 313. The molecule has 2 heterocycles. The van der Waals surface area contributed by atoms with E-state index in [9.17, 15) is 0 Å². The third-order valence-corrected chi connectivity index (χ3v) is 2.54. The molecule has 14 heavy (non-hydrogen) atoms. The van der Waals surface area contributed by atoms with Crippen LogP contribution in [-0.4, -0.2) is 36.1 Å². The van der Waals surface area contributed by atoms with Crippen molar-refractivity contribution in [1.29, 1.82) is 0 Å². The third-order valence-electron chi connectivity index (χ3n) is 2.54. The van der Waals surface area contributed by atoms with E-state index in [2.05, 4.69) is 22.2 Å². The van der Waals surface area contributed by atoms with Crippen LogP contribution in [0.25, 0.3) is 0 Å². The molecule has 0 aromatic carbocycles. The Morgan fingerprint density at radius 2 is 2.50 bits per heavy atom. The highest BCUT2D eigenvalue weighted by Crippen LogP contribution is 2.15. The van der Waals surface area contributed by atoms with E-state index < -0.39 is 0 Å². The summed E-state index contributed by atoms with van der Waals surface area (Å²) in [6.07, 6.45) is 2.93. The Hall–Kier alpha value is -1.29. The van der Waals surface area contributed by atoms with Gasteiger partial charge in [0.05, 0.1) is 0 Å². The Morgan fingerprint density at radius 1 is 1.64 bits per heavy atom. The lowest BCUT2D eigenvalue weighted by molar-refractivity contribution is 0.414. The van der Waals surface area contributed by atoms with Gasteiger partial charge in [-0.1, -0.05) is 0 Å². The first-order valence-electron chi connectivity index (χ1n) is 4.90. The second-order valence-electron chi connectivity index (χ2n) is 3.86. The Balaban J connectivity index is 1.97. The number of aromatic nitrogens is 1. The van der Waals surface area contributed by atoms with Gasteiger partial charge in [-0.15, -0.1) is 0 Å². The molecule has 0 saturated carbocycles. The number of hydrogen-bond acceptors (Lipinski definition) is 4. The minimum absolute atomic E-state index is 0.543. The smallest absolute Gasteiger partial charge is 0.125 e. The van der Waals surface area contributed by atoms with Crippen LogP contribution < -0.4 is 11.1 Å². The maximum atomic E-state index is 5.60. The number of likely N-dealkylation sites (N-methyl/N-ethyl adjacent to an activating group) is 1. The molecule has 2 rings (SSSR count). The first-order chi connectivity index (χ1) is 6.74. The molecule has 0 bridgehead atoms. The number of nitrogens with zero attached hydrogens (tertiary/aromatic N) is 2. The van der Waals surface area contributed by atoms with E-state index in [1.54, 1.807) is 6.20 Å². The van der Waals surface area contributed by atoms with Gasteiger partial charge in [0.25, 0.3) is 0 Å². The van der Waals surface area contributed by atoms with Crippen molar-refractivity contribution in [1.82, 2.24) is 9.88 Å². The lowest BCUT2D eigenvalue weighted by Gasteiger charge is -2.14. The van der Waals surface area contributed by atoms with E-state index in [1.165, 1.54) is 6.42 Å². The molecule has 1 fully saturated rings. The molecule has 1 aliphatic heterocycles. The summed E-state index contributed by atoms with van der Waals surface area (Å²) in [5.74, 6) is 0.571. The summed E-state index contributed by atoms with van der Waals surface area (Å²) in [6, 6.07) is 4.37. The van der Waals surface area contributed by atoms with Gasteiger partial charge in [0.1, 0.15) is 5.82 Å². The van der Waals surface area contributed by atoms with E-state index in [4.69, 9.17) is 5.73 Å². The number of nitrogens with two attached hydrogens (primary N) is 1. The molecule has 76 valence electrons. The lowest BCUT2D eigenvalue weighted by Crippen LogP contribution is -2.23. The maximum absolute atomic E-state index is 5.60. The molecular formula is C10H16N4. The average Bonchev–Trinajstić information content (AvgIpc) is 2.51. The van der Waals surface area contributed by atoms with Crippen LogP contribution in [0.2, 0.25) is 0 Å². The maximum Gasteiger partial charge on any atom is 0.125 e. The van der Waals surface area contributed by atoms with Crippen molar-refractivity contribution in [3.05, 3.63) is 18.3 Å². The molecule has 4 nitrogen and oxygen atoms in total. The molecule has 1 atom stereocenters. The van der Waals surface area contributed by atoms with Crippen molar-refractivity contribution < 1.29 is 0 Å². The summed E-state index contributed by atoms with van der Waals surface area (Å²) in [4.78, 5) is 6.28. The van der Waals surface area contributed by atoms with Gasteiger partial charge in [0.15, 0.2) is 0 Å². The molecule has 1 saturated heterocycles. The molecule has 0 amide bonds. The largest absolute Gasteiger partial charge is 0.384 e. The standard InChI is InChI=1S/C10H16N4/c1-14-5-3-9(7-14)13-8-2-4-12-10(11)6-8/h2,4,6,9H,3,5,7H2,1H3,(H3,11,12,13). The van der Waals surface area contributed by atoms with Crippen molar-refractivity contribution in [3.63, 3.8) is 0 Å².